The summed E-state index contributed by atoms with van der Waals surface area (Å²) in [4.78, 5) is 35.0. The van der Waals surface area contributed by atoms with Crippen LogP contribution in [0, 0.1) is 11.8 Å². The molecule has 0 saturated heterocycles. The summed E-state index contributed by atoms with van der Waals surface area (Å²) in [6.07, 6.45) is 1.82. The summed E-state index contributed by atoms with van der Waals surface area (Å²) in [6.45, 7) is -0.108. The number of carboxylic acids is 1. The maximum Gasteiger partial charge on any atom is 0.307 e. The van der Waals surface area contributed by atoms with Crippen LogP contribution in [0.2, 0.25) is 0 Å². The average molecular weight is 354 g/mol. The molecule has 1 amide bonds. The van der Waals surface area contributed by atoms with E-state index in [1.165, 1.54) is 0 Å². The minimum absolute atomic E-state index is 0.108. The van der Waals surface area contributed by atoms with E-state index in [2.05, 4.69) is 21.2 Å². The number of Topliss-reactive ketones (excluding diaryl/α,β-unsaturated/α-hetero) is 1. The summed E-state index contributed by atoms with van der Waals surface area (Å²) in [5, 5.41) is 11.6. The molecule has 1 aromatic rings. The van der Waals surface area contributed by atoms with Gasteiger partial charge in [0.05, 0.1) is 18.4 Å². The van der Waals surface area contributed by atoms with Crippen LogP contribution in [0.5, 0.6) is 0 Å². The first kappa shape index (κ1) is 15.7. The summed E-state index contributed by atoms with van der Waals surface area (Å²) in [5.41, 5.74) is 0.514. The molecule has 2 N–H and O–H groups in total. The third-order valence-corrected chi connectivity index (χ3v) is 4.29. The number of amides is 1. The Morgan fingerprint density at radius 2 is 1.76 bits per heavy atom. The summed E-state index contributed by atoms with van der Waals surface area (Å²) in [6, 6.07) is 6.86. The van der Waals surface area contributed by atoms with Crippen molar-refractivity contribution in [3.05, 3.63) is 34.3 Å². The highest BCUT2D eigenvalue weighted by molar-refractivity contribution is 9.10. The van der Waals surface area contributed by atoms with E-state index in [4.69, 9.17) is 5.11 Å². The summed E-state index contributed by atoms with van der Waals surface area (Å²) >= 11 is 3.28. The Kier molecular flexibility index (Phi) is 5.12. The second-order valence-electron chi connectivity index (χ2n) is 5.13. The highest BCUT2D eigenvalue weighted by atomic mass is 79.9. The van der Waals surface area contributed by atoms with Crippen molar-refractivity contribution in [2.24, 2.45) is 11.8 Å². The number of ketones is 1. The van der Waals surface area contributed by atoms with Gasteiger partial charge in [-0.15, -0.1) is 0 Å². The zero-order valence-electron chi connectivity index (χ0n) is 11.3. The minimum atomic E-state index is -0.938. The van der Waals surface area contributed by atoms with Crippen LogP contribution in [-0.4, -0.2) is 29.3 Å². The molecule has 2 rings (SSSR count). The predicted octanol–water partition coefficient (Wildman–Crippen LogP) is 2.25. The van der Waals surface area contributed by atoms with Gasteiger partial charge in [0, 0.05) is 10.0 Å². The fraction of sp³-hybridized carbons (Fsp3) is 0.400. The molecule has 1 aliphatic carbocycles. The molecule has 112 valence electrons. The smallest absolute Gasteiger partial charge is 0.307 e. The molecule has 2 atom stereocenters. The highest BCUT2D eigenvalue weighted by Gasteiger charge is 2.37. The van der Waals surface area contributed by atoms with E-state index in [0.717, 1.165) is 10.9 Å². The van der Waals surface area contributed by atoms with E-state index < -0.39 is 17.8 Å². The molecule has 0 aromatic heterocycles. The van der Waals surface area contributed by atoms with Gasteiger partial charge in [0.15, 0.2) is 5.78 Å². The van der Waals surface area contributed by atoms with E-state index in [1.807, 2.05) is 0 Å². The molecular weight excluding hydrogens is 338 g/mol. The van der Waals surface area contributed by atoms with Crippen molar-refractivity contribution >= 4 is 33.6 Å². The monoisotopic (exact) mass is 353 g/mol. The second-order valence-corrected chi connectivity index (χ2v) is 6.05. The zero-order chi connectivity index (χ0) is 15.4. The van der Waals surface area contributed by atoms with Crippen molar-refractivity contribution in [3.63, 3.8) is 0 Å². The van der Waals surface area contributed by atoms with E-state index in [1.54, 1.807) is 24.3 Å². The van der Waals surface area contributed by atoms with Crippen LogP contribution in [0.25, 0.3) is 0 Å². The number of aliphatic carboxylic acids is 1. The zero-order valence-corrected chi connectivity index (χ0v) is 12.9. The molecule has 1 saturated carbocycles. The van der Waals surface area contributed by atoms with E-state index in [-0.39, 0.29) is 18.2 Å². The number of halogens is 1. The third kappa shape index (κ3) is 3.91. The quantitative estimate of drug-likeness (QED) is 0.795. The normalized spacial score (nSPS) is 21.0. The lowest BCUT2D eigenvalue weighted by Gasteiger charge is -2.15. The van der Waals surface area contributed by atoms with Gasteiger partial charge in [-0.3, -0.25) is 14.4 Å². The standard InChI is InChI=1S/C15H16BrNO4/c16-10-6-4-9(5-7-10)13(18)8-17-14(19)11-2-1-3-12(11)15(20)21/h4-7,11-12H,1-3,8H2,(H,17,19)(H,20,21)/t11-,12+/m1/s1. The lowest BCUT2D eigenvalue weighted by atomic mass is 9.95. The van der Waals surface area contributed by atoms with E-state index in [9.17, 15) is 14.4 Å². The lowest BCUT2D eigenvalue weighted by Crippen LogP contribution is -2.37. The Balaban J connectivity index is 1.90. The van der Waals surface area contributed by atoms with Crippen molar-refractivity contribution in [1.82, 2.24) is 5.32 Å². The van der Waals surface area contributed by atoms with Crippen molar-refractivity contribution in [1.29, 1.82) is 0 Å². The van der Waals surface area contributed by atoms with Crippen LogP contribution in [0.3, 0.4) is 0 Å². The predicted molar refractivity (Wildman–Crippen MR) is 79.9 cm³/mol. The van der Waals surface area contributed by atoms with Crippen LogP contribution >= 0.6 is 15.9 Å². The second kappa shape index (κ2) is 6.85. The molecule has 0 radical (unpaired) electrons. The van der Waals surface area contributed by atoms with Gasteiger partial charge < -0.3 is 10.4 Å². The Morgan fingerprint density at radius 1 is 1.14 bits per heavy atom. The molecule has 6 heteroatoms. The summed E-state index contributed by atoms with van der Waals surface area (Å²) in [5.74, 6) is -2.63. The molecule has 0 aliphatic heterocycles. The third-order valence-electron chi connectivity index (χ3n) is 3.76. The minimum Gasteiger partial charge on any atom is -0.481 e. The Hall–Kier alpha value is -1.69. The Labute approximate surface area is 130 Å². The number of rotatable bonds is 5. The number of carbonyl (C=O) groups excluding carboxylic acids is 2. The van der Waals surface area contributed by atoms with Crippen molar-refractivity contribution in [3.8, 4) is 0 Å². The van der Waals surface area contributed by atoms with Crippen LogP contribution in [0.15, 0.2) is 28.7 Å². The van der Waals surface area contributed by atoms with Gasteiger partial charge in [0.2, 0.25) is 5.91 Å². The molecule has 0 unspecified atom stereocenters. The van der Waals surface area contributed by atoms with Gasteiger partial charge >= 0.3 is 5.97 Å². The molecular formula is C15H16BrNO4. The average Bonchev–Trinajstić information content (AvgIpc) is 2.95. The highest BCUT2D eigenvalue weighted by Crippen LogP contribution is 2.31. The first-order valence-corrected chi connectivity index (χ1v) is 7.57. The largest absolute Gasteiger partial charge is 0.481 e. The van der Waals surface area contributed by atoms with E-state index >= 15 is 0 Å². The van der Waals surface area contributed by atoms with Gasteiger partial charge in [-0.25, -0.2) is 0 Å². The number of hydrogen-bond donors (Lipinski definition) is 2. The number of carboxylic acid groups (broad SMARTS) is 1. The SMILES string of the molecule is O=C(CNC(=O)[C@@H]1CCC[C@@H]1C(=O)O)c1ccc(Br)cc1. The van der Waals surface area contributed by atoms with Crippen molar-refractivity contribution in [2.45, 2.75) is 19.3 Å². The molecule has 0 heterocycles. The Bertz CT molecular complexity index is 555. The van der Waals surface area contributed by atoms with E-state index in [0.29, 0.717) is 18.4 Å². The summed E-state index contributed by atoms with van der Waals surface area (Å²) in [7, 11) is 0. The Morgan fingerprint density at radius 3 is 2.38 bits per heavy atom. The number of benzene rings is 1. The molecule has 0 bridgehead atoms. The van der Waals surface area contributed by atoms with Crippen LogP contribution in [-0.2, 0) is 9.59 Å². The number of hydrogen-bond acceptors (Lipinski definition) is 3. The topological polar surface area (TPSA) is 83.5 Å². The van der Waals surface area contributed by atoms with Gasteiger partial charge in [0.25, 0.3) is 0 Å². The molecule has 1 aromatic carbocycles. The fourth-order valence-corrected chi connectivity index (χ4v) is 2.87. The van der Waals surface area contributed by atoms with Gasteiger partial charge in [0.1, 0.15) is 0 Å². The van der Waals surface area contributed by atoms with Crippen LogP contribution in [0.4, 0.5) is 0 Å². The fourth-order valence-electron chi connectivity index (χ4n) is 2.61. The maximum atomic E-state index is 12.0. The van der Waals surface area contributed by atoms with Gasteiger partial charge in [-0.1, -0.05) is 34.5 Å². The van der Waals surface area contributed by atoms with Crippen molar-refractivity contribution in [2.75, 3.05) is 6.54 Å². The first-order chi connectivity index (χ1) is 9.99. The molecule has 5 nitrogen and oxygen atoms in total. The lowest BCUT2D eigenvalue weighted by molar-refractivity contribution is -0.146. The maximum absolute atomic E-state index is 12.0. The summed E-state index contributed by atoms with van der Waals surface area (Å²) < 4.78 is 0.873. The molecule has 1 fully saturated rings. The van der Waals surface area contributed by atoms with Crippen LogP contribution in [0.1, 0.15) is 29.6 Å². The van der Waals surface area contributed by atoms with Crippen molar-refractivity contribution < 1.29 is 19.5 Å². The van der Waals surface area contributed by atoms with Crippen LogP contribution < -0.4 is 5.32 Å². The van der Waals surface area contributed by atoms with Gasteiger partial charge in [-0.2, -0.15) is 0 Å². The molecule has 0 spiro atoms. The van der Waals surface area contributed by atoms with Gasteiger partial charge in [-0.05, 0) is 25.0 Å². The molecule has 21 heavy (non-hydrogen) atoms. The first-order valence-electron chi connectivity index (χ1n) is 6.78. The molecule has 1 aliphatic rings. The number of carbonyl (C=O) groups is 3. The number of nitrogens with one attached hydrogen (secondary N) is 1.